The predicted octanol–water partition coefficient (Wildman–Crippen LogP) is 3.27. The van der Waals surface area contributed by atoms with Crippen molar-refractivity contribution in [2.75, 3.05) is 0 Å². The Kier molecular flexibility index (Phi) is 13.3. The van der Waals surface area contributed by atoms with E-state index in [1.54, 1.807) is 0 Å². The van der Waals surface area contributed by atoms with E-state index in [4.69, 9.17) is 5.73 Å². The van der Waals surface area contributed by atoms with Gasteiger partial charge in [0.05, 0.1) is 0 Å². The summed E-state index contributed by atoms with van der Waals surface area (Å²) < 4.78 is 0. The van der Waals surface area contributed by atoms with Gasteiger partial charge in [0.1, 0.15) is 0 Å². The molecule has 0 heterocycles. The van der Waals surface area contributed by atoms with E-state index in [1.165, 1.54) is 38.5 Å². The Morgan fingerprint density at radius 2 is 1.64 bits per heavy atom. The maximum absolute atomic E-state index is 5.82. The van der Waals surface area contributed by atoms with Crippen LogP contribution in [0.3, 0.4) is 0 Å². The molecular weight excluding hydrogens is 202 g/mol. The van der Waals surface area contributed by atoms with Crippen LogP contribution in [0.4, 0.5) is 0 Å². The van der Waals surface area contributed by atoms with E-state index in [0.717, 1.165) is 0 Å². The predicted molar refractivity (Wildman–Crippen MR) is 57.3 cm³/mol. The van der Waals surface area contributed by atoms with E-state index in [9.17, 15) is 0 Å². The minimum absolute atomic E-state index is 0. The second-order valence-electron chi connectivity index (χ2n) is 3.04. The van der Waals surface area contributed by atoms with Gasteiger partial charge in [-0.05, 0) is 12.8 Å². The molecule has 11 heavy (non-hydrogen) atoms. The van der Waals surface area contributed by atoms with Crippen LogP contribution in [-0.2, 0) is 0 Å². The van der Waals surface area contributed by atoms with Gasteiger partial charge in [0.25, 0.3) is 0 Å². The average molecular weight is 224 g/mol. The zero-order chi connectivity index (χ0) is 7.82. The molecule has 0 fully saturated rings. The highest BCUT2D eigenvalue weighted by Gasteiger charge is 1.98. The Labute approximate surface area is 81.5 Å². The molecular formula is C9H22BrN. The largest absolute Gasteiger partial charge is 0.328 e. The highest BCUT2D eigenvalue weighted by Crippen LogP contribution is 2.05. The molecule has 2 heteroatoms. The summed E-state index contributed by atoms with van der Waals surface area (Å²) in [6.45, 7) is 4.42. The summed E-state index contributed by atoms with van der Waals surface area (Å²) in [4.78, 5) is 0. The van der Waals surface area contributed by atoms with Gasteiger partial charge in [-0.1, -0.05) is 39.5 Å². The molecule has 0 aliphatic heterocycles. The lowest BCUT2D eigenvalue weighted by Crippen LogP contribution is -2.18. The molecule has 70 valence electrons. The quantitative estimate of drug-likeness (QED) is 0.688. The van der Waals surface area contributed by atoms with Crippen molar-refractivity contribution in [3.05, 3.63) is 0 Å². The monoisotopic (exact) mass is 223 g/mol. The van der Waals surface area contributed by atoms with Crippen molar-refractivity contribution in [1.82, 2.24) is 0 Å². The fourth-order valence-corrected chi connectivity index (χ4v) is 1.17. The third-order valence-electron chi connectivity index (χ3n) is 1.84. The molecule has 0 aromatic heterocycles. The normalized spacial score (nSPS) is 12.3. The summed E-state index contributed by atoms with van der Waals surface area (Å²) in [5, 5.41) is 0. The standard InChI is InChI=1S/C9H21N.BrH/c1-3-5-6-8-9(10)7-4-2;/h9H,3-8,10H2,1-2H3;1H. The number of rotatable bonds is 6. The van der Waals surface area contributed by atoms with Gasteiger partial charge in [0, 0.05) is 6.04 Å². The van der Waals surface area contributed by atoms with Crippen molar-refractivity contribution in [2.45, 2.75) is 58.4 Å². The van der Waals surface area contributed by atoms with Crippen LogP contribution in [0.25, 0.3) is 0 Å². The van der Waals surface area contributed by atoms with E-state index in [-0.39, 0.29) is 17.0 Å². The van der Waals surface area contributed by atoms with Crippen LogP contribution >= 0.6 is 17.0 Å². The van der Waals surface area contributed by atoms with Gasteiger partial charge in [-0.3, -0.25) is 0 Å². The van der Waals surface area contributed by atoms with E-state index in [2.05, 4.69) is 13.8 Å². The topological polar surface area (TPSA) is 26.0 Å². The number of hydrogen-bond donors (Lipinski definition) is 1. The van der Waals surface area contributed by atoms with E-state index >= 15 is 0 Å². The summed E-state index contributed by atoms with van der Waals surface area (Å²) in [5.74, 6) is 0. The molecule has 0 aliphatic rings. The molecule has 0 aromatic carbocycles. The van der Waals surface area contributed by atoms with Gasteiger partial charge < -0.3 is 5.73 Å². The van der Waals surface area contributed by atoms with Crippen molar-refractivity contribution in [2.24, 2.45) is 5.73 Å². The number of unbranched alkanes of at least 4 members (excludes halogenated alkanes) is 2. The molecule has 0 aromatic rings. The zero-order valence-electron chi connectivity index (χ0n) is 7.81. The molecule has 1 unspecified atom stereocenters. The third kappa shape index (κ3) is 10.4. The molecule has 0 bridgehead atoms. The molecule has 0 spiro atoms. The fourth-order valence-electron chi connectivity index (χ4n) is 1.17. The van der Waals surface area contributed by atoms with Gasteiger partial charge in [-0.2, -0.15) is 0 Å². The van der Waals surface area contributed by atoms with E-state index < -0.39 is 0 Å². The fraction of sp³-hybridized carbons (Fsp3) is 1.00. The lowest BCUT2D eigenvalue weighted by Gasteiger charge is -2.08. The highest BCUT2D eigenvalue weighted by molar-refractivity contribution is 8.93. The zero-order valence-corrected chi connectivity index (χ0v) is 9.52. The Bertz CT molecular complexity index is 66.6. The summed E-state index contributed by atoms with van der Waals surface area (Å²) in [6, 6.07) is 0.469. The molecule has 2 N–H and O–H groups in total. The third-order valence-corrected chi connectivity index (χ3v) is 1.84. The summed E-state index contributed by atoms with van der Waals surface area (Å²) in [7, 11) is 0. The molecule has 0 radical (unpaired) electrons. The number of halogens is 1. The Balaban J connectivity index is 0. The van der Waals surface area contributed by atoms with Crippen molar-refractivity contribution >= 4 is 17.0 Å². The minimum atomic E-state index is 0. The second kappa shape index (κ2) is 10.4. The smallest absolute Gasteiger partial charge is 0.00387 e. The second-order valence-corrected chi connectivity index (χ2v) is 3.04. The van der Waals surface area contributed by atoms with Crippen molar-refractivity contribution in [3.63, 3.8) is 0 Å². The number of nitrogens with two attached hydrogens (primary N) is 1. The first kappa shape index (κ1) is 14.0. The van der Waals surface area contributed by atoms with Crippen molar-refractivity contribution in [3.8, 4) is 0 Å². The minimum Gasteiger partial charge on any atom is -0.328 e. The summed E-state index contributed by atoms with van der Waals surface area (Å²) in [5.41, 5.74) is 5.82. The average Bonchev–Trinajstić information content (AvgIpc) is 1.89. The van der Waals surface area contributed by atoms with Gasteiger partial charge in [0.2, 0.25) is 0 Å². The first-order valence-corrected chi connectivity index (χ1v) is 4.56. The van der Waals surface area contributed by atoms with Crippen LogP contribution in [0.15, 0.2) is 0 Å². The van der Waals surface area contributed by atoms with Crippen molar-refractivity contribution < 1.29 is 0 Å². The molecule has 0 rings (SSSR count). The molecule has 0 saturated carbocycles. The van der Waals surface area contributed by atoms with E-state index in [1.807, 2.05) is 0 Å². The van der Waals surface area contributed by atoms with Crippen LogP contribution in [0.2, 0.25) is 0 Å². The summed E-state index contributed by atoms with van der Waals surface area (Å²) >= 11 is 0. The lowest BCUT2D eigenvalue weighted by molar-refractivity contribution is 0.524. The van der Waals surface area contributed by atoms with Gasteiger partial charge in [-0.25, -0.2) is 0 Å². The molecule has 1 atom stereocenters. The Morgan fingerprint density at radius 1 is 1.00 bits per heavy atom. The Hall–Kier alpha value is 0.440. The highest BCUT2D eigenvalue weighted by atomic mass is 79.9. The molecule has 0 saturated heterocycles. The molecule has 0 amide bonds. The number of hydrogen-bond acceptors (Lipinski definition) is 1. The maximum atomic E-state index is 5.82. The van der Waals surface area contributed by atoms with Crippen LogP contribution in [-0.4, -0.2) is 6.04 Å². The van der Waals surface area contributed by atoms with Crippen LogP contribution in [0.1, 0.15) is 52.4 Å². The van der Waals surface area contributed by atoms with Crippen LogP contribution in [0.5, 0.6) is 0 Å². The Morgan fingerprint density at radius 3 is 2.09 bits per heavy atom. The maximum Gasteiger partial charge on any atom is 0.00387 e. The van der Waals surface area contributed by atoms with E-state index in [0.29, 0.717) is 6.04 Å². The molecule has 1 nitrogen and oxygen atoms in total. The van der Waals surface area contributed by atoms with Gasteiger partial charge in [0.15, 0.2) is 0 Å². The van der Waals surface area contributed by atoms with Crippen LogP contribution in [0, 0.1) is 0 Å². The van der Waals surface area contributed by atoms with Gasteiger partial charge >= 0.3 is 0 Å². The van der Waals surface area contributed by atoms with Crippen LogP contribution < -0.4 is 5.73 Å². The lowest BCUT2D eigenvalue weighted by atomic mass is 10.1. The summed E-state index contributed by atoms with van der Waals surface area (Å²) in [6.07, 6.45) is 7.62. The van der Waals surface area contributed by atoms with Gasteiger partial charge in [-0.15, -0.1) is 17.0 Å². The first-order valence-electron chi connectivity index (χ1n) is 4.56. The SMILES string of the molecule is Br.CCCCCC(N)CCC. The first-order chi connectivity index (χ1) is 4.81. The van der Waals surface area contributed by atoms with Crippen molar-refractivity contribution in [1.29, 1.82) is 0 Å². The molecule has 0 aliphatic carbocycles.